The van der Waals surface area contributed by atoms with Gasteiger partial charge < -0.3 is 9.47 Å². The summed E-state index contributed by atoms with van der Waals surface area (Å²) in [6.45, 7) is 3.94. The van der Waals surface area contributed by atoms with Gasteiger partial charge in [0.05, 0.1) is 19.0 Å². The van der Waals surface area contributed by atoms with Crippen molar-refractivity contribution in [2.45, 2.75) is 25.6 Å². The molecule has 0 unspecified atom stereocenters. The summed E-state index contributed by atoms with van der Waals surface area (Å²) in [4.78, 5) is 0. The first kappa shape index (κ1) is 11.3. The van der Waals surface area contributed by atoms with Crippen LogP contribution in [0.5, 0.6) is 0 Å². The average molecular weight is 235 g/mol. The lowest BCUT2D eigenvalue weighted by atomic mass is 10.1. The molecule has 0 aromatic heterocycles. The summed E-state index contributed by atoms with van der Waals surface area (Å²) in [6.07, 6.45) is 1.29. The standard InChI is InChI=1S/C9H17NO4S/c1-2-15(11,12)10-5-3-9(4-6-10)13-7-8-14-9/h2-8H2,1H3. The van der Waals surface area contributed by atoms with Gasteiger partial charge in [0.25, 0.3) is 0 Å². The Labute approximate surface area is 90.4 Å². The molecule has 0 amide bonds. The van der Waals surface area contributed by atoms with E-state index in [2.05, 4.69) is 0 Å². The predicted octanol–water partition coefficient (Wildman–Crippen LogP) is 0.175. The molecule has 0 aromatic carbocycles. The van der Waals surface area contributed by atoms with Gasteiger partial charge in [-0.3, -0.25) is 0 Å². The van der Waals surface area contributed by atoms with E-state index in [1.807, 2.05) is 0 Å². The molecule has 2 saturated heterocycles. The Morgan fingerprint density at radius 3 is 2.20 bits per heavy atom. The van der Waals surface area contributed by atoms with Crippen LogP contribution in [0.1, 0.15) is 19.8 Å². The fraction of sp³-hybridized carbons (Fsp3) is 1.00. The summed E-state index contributed by atoms with van der Waals surface area (Å²) < 4.78 is 35.8. The Kier molecular flexibility index (Phi) is 3.03. The first-order valence-electron chi connectivity index (χ1n) is 5.34. The van der Waals surface area contributed by atoms with Crippen molar-refractivity contribution in [1.29, 1.82) is 0 Å². The predicted molar refractivity (Wildman–Crippen MR) is 54.9 cm³/mol. The summed E-state index contributed by atoms with van der Waals surface area (Å²) in [5, 5.41) is 0. The maximum Gasteiger partial charge on any atom is 0.213 e. The molecule has 0 saturated carbocycles. The van der Waals surface area contributed by atoms with Crippen molar-refractivity contribution in [3.63, 3.8) is 0 Å². The summed E-state index contributed by atoms with van der Waals surface area (Å²) in [6, 6.07) is 0. The van der Waals surface area contributed by atoms with Crippen LogP contribution >= 0.6 is 0 Å². The maximum atomic E-state index is 11.6. The molecule has 0 bridgehead atoms. The van der Waals surface area contributed by atoms with Gasteiger partial charge in [0.2, 0.25) is 10.0 Å². The molecule has 0 aromatic rings. The Morgan fingerprint density at radius 2 is 1.73 bits per heavy atom. The van der Waals surface area contributed by atoms with E-state index in [0.29, 0.717) is 39.1 Å². The van der Waals surface area contributed by atoms with Crippen molar-refractivity contribution >= 4 is 10.0 Å². The van der Waals surface area contributed by atoms with E-state index >= 15 is 0 Å². The Morgan fingerprint density at radius 1 is 1.20 bits per heavy atom. The van der Waals surface area contributed by atoms with Gasteiger partial charge in [0.15, 0.2) is 5.79 Å². The highest BCUT2D eigenvalue weighted by Gasteiger charge is 2.41. The number of rotatable bonds is 2. The van der Waals surface area contributed by atoms with Crippen LogP contribution < -0.4 is 0 Å². The van der Waals surface area contributed by atoms with Gasteiger partial charge in [-0.15, -0.1) is 0 Å². The molecule has 5 nitrogen and oxygen atoms in total. The van der Waals surface area contributed by atoms with Crippen molar-refractivity contribution in [1.82, 2.24) is 4.31 Å². The third-order valence-corrected chi connectivity index (χ3v) is 4.94. The zero-order valence-corrected chi connectivity index (χ0v) is 9.75. The van der Waals surface area contributed by atoms with E-state index in [1.165, 1.54) is 4.31 Å². The molecule has 2 rings (SSSR count). The molecular formula is C9H17NO4S. The highest BCUT2D eigenvalue weighted by atomic mass is 32.2. The van der Waals surface area contributed by atoms with Gasteiger partial charge in [-0.1, -0.05) is 0 Å². The van der Waals surface area contributed by atoms with Crippen LogP contribution in [0.25, 0.3) is 0 Å². The van der Waals surface area contributed by atoms with Gasteiger partial charge in [-0.25, -0.2) is 12.7 Å². The molecule has 0 atom stereocenters. The molecule has 0 radical (unpaired) electrons. The van der Waals surface area contributed by atoms with Crippen LogP contribution in [0.2, 0.25) is 0 Å². The molecule has 2 aliphatic heterocycles. The number of hydrogen-bond acceptors (Lipinski definition) is 4. The lowest BCUT2D eigenvalue weighted by Gasteiger charge is -2.36. The van der Waals surface area contributed by atoms with Gasteiger partial charge >= 0.3 is 0 Å². The van der Waals surface area contributed by atoms with Crippen molar-refractivity contribution < 1.29 is 17.9 Å². The van der Waals surface area contributed by atoms with E-state index in [4.69, 9.17) is 9.47 Å². The maximum absolute atomic E-state index is 11.6. The molecule has 0 aliphatic carbocycles. The molecule has 88 valence electrons. The Balaban J connectivity index is 1.97. The summed E-state index contributed by atoms with van der Waals surface area (Å²) in [7, 11) is -3.05. The third-order valence-electron chi connectivity index (χ3n) is 3.06. The van der Waals surface area contributed by atoms with Crippen molar-refractivity contribution in [2.24, 2.45) is 0 Å². The molecule has 2 fully saturated rings. The van der Waals surface area contributed by atoms with Crippen molar-refractivity contribution in [3.8, 4) is 0 Å². The monoisotopic (exact) mass is 235 g/mol. The SMILES string of the molecule is CCS(=O)(=O)N1CCC2(CC1)OCCO2. The van der Waals surface area contributed by atoms with E-state index in [-0.39, 0.29) is 5.75 Å². The first-order chi connectivity index (χ1) is 7.08. The van der Waals surface area contributed by atoms with Gasteiger partial charge in [0, 0.05) is 25.9 Å². The Bertz CT molecular complexity index is 311. The minimum atomic E-state index is -3.05. The molecule has 6 heteroatoms. The second-order valence-corrected chi connectivity index (χ2v) is 6.16. The van der Waals surface area contributed by atoms with E-state index < -0.39 is 15.8 Å². The molecule has 1 spiro atoms. The average Bonchev–Trinajstić information content (AvgIpc) is 2.67. The normalized spacial score (nSPS) is 27.3. The second-order valence-electron chi connectivity index (χ2n) is 3.91. The number of piperidine rings is 1. The first-order valence-corrected chi connectivity index (χ1v) is 6.95. The zero-order valence-electron chi connectivity index (χ0n) is 8.94. The largest absolute Gasteiger partial charge is 0.347 e. The molecule has 0 N–H and O–H groups in total. The summed E-state index contributed by atoms with van der Waals surface area (Å²) >= 11 is 0. The van der Waals surface area contributed by atoms with Gasteiger partial charge in [0.1, 0.15) is 0 Å². The second kappa shape index (κ2) is 4.01. The topological polar surface area (TPSA) is 55.8 Å². The van der Waals surface area contributed by atoms with E-state index in [0.717, 1.165) is 0 Å². The quantitative estimate of drug-likeness (QED) is 0.685. The van der Waals surface area contributed by atoms with E-state index in [1.54, 1.807) is 6.92 Å². The smallest absolute Gasteiger partial charge is 0.213 e. The zero-order chi connectivity index (χ0) is 10.9. The highest BCUT2D eigenvalue weighted by Crippen LogP contribution is 2.32. The fourth-order valence-corrected chi connectivity index (χ4v) is 3.18. The van der Waals surface area contributed by atoms with Gasteiger partial charge in [-0.2, -0.15) is 0 Å². The van der Waals surface area contributed by atoms with Crippen LogP contribution in [-0.2, 0) is 19.5 Å². The van der Waals surface area contributed by atoms with E-state index in [9.17, 15) is 8.42 Å². The molecule has 2 heterocycles. The molecule has 15 heavy (non-hydrogen) atoms. The minimum Gasteiger partial charge on any atom is -0.347 e. The van der Waals surface area contributed by atoms with Crippen LogP contribution in [-0.4, -0.2) is 50.6 Å². The van der Waals surface area contributed by atoms with Gasteiger partial charge in [-0.05, 0) is 6.92 Å². The highest BCUT2D eigenvalue weighted by molar-refractivity contribution is 7.89. The van der Waals surface area contributed by atoms with Crippen LogP contribution in [0, 0.1) is 0 Å². The Hall–Kier alpha value is -0.170. The molecule has 2 aliphatic rings. The summed E-state index contributed by atoms with van der Waals surface area (Å²) in [5.41, 5.74) is 0. The lowest BCUT2D eigenvalue weighted by molar-refractivity contribution is -0.179. The van der Waals surface area contributed by atoms with Crippen LogP contribution in [0.4, 0.5) is 0 Å². The van der Waals surface area contributed by atoms with Crippen molar-refractivity contribution in [2.75, 3.05) is 32.1 Å². The molecular weight excluding hydrogens is 218 g/mol. The lowest BCUT2D eigenvalue weighted by Crippen LogP contribution is -2.47. The van der Waals surface area contributed by atoms with Crippen molar-refractivity contribution in [3.05, 3.63) is 0 Å². The fourth-order valence-electron chi connectivity index (χ4n) is 2.07. The number of sulfonamides is 1. The number of ether oxygens (including phenoxy) is 2. The minimum absolute atomic E-state index is 0.168. The van der Waals surface area contributed by atoms with Crippen LogP contribution in [0.3, 0.4) is 0 Å². The van der Waals surface area contributed by atoms with Crippen LogP contribution in [0.15, 0.2) is 0 Å². The summed E-state index contributed by atoms with van der Waals surface area (Å²) in [5.74, 6) is -0.318. The third kappa shape index (κ3) is 2.18. The number of nitrogens with zero attached hydrogens (tertiary/aromatic N) is 1. The number of hydrogen-bond donors (Lipinski definition) is 0.